The monoisotopic (exact) mass is 222 g/mol. The highest BCUT2D eigenvalue weighted by Gasteiger charge is 2.08. The van der Waals surface area contributed by atoms with Gasteiger partial charge >= 0.3 is 0 Å². The van der Waals surface area contributed by atoms with Crippen molar-refractivity contribution in [1.29, 1.82) is 0 Å². The zero-order chi connectivity index (χ0) is 12.1. The van der Waals surface area contributed by atoms with Crippen LogP contribution in [-0.4, -0.2) is 19.7 Å². The molecule has 0 amide bonds. The normalized spacial score (nSPS) is 12.6. The van der Waals surface area contributed by atoms with Gasteiger partial charge in [-0.25, -0.2) is 0 Å². The predicted octanol–water partition coefficient (Wildman–Crippen LogP) is 2.40. The van der Waals surface area contributed by atoms with E-state index in [2.05, 4.69) is 32.2 Å². The van der Waals surface area contributed by atoms with Crippen molar-refractivity contribution in [2.75, 3.05) is 19.0 Å². The molecule has 1 atom stereocenters. The van der Waals surface area contributed by atoms with Gasteiger partial charge in [-0.1, -0.05) is 19.9 Å². The van der Waals surface area contributed by atoms with Gasteiger partial charge in [0, 0.05) is 12.6 Å². The summed E-state index contributed by atoms with van der Waals surface area (Å²) in [7, 11) is 1.68. The Morgan fingerprint density at radius 3 is 2.62 bits per heavy atom. The van der Waals surface area contributed by atoms with Gasteiger partial charge in [-0.3, -0.25) is 0 Å². The zero-order valence-electron chi connectivity index (χ0n) is 10.6. The second kappa shape index (κ2) is 5.75. The number of hydrogen-bond acceptors (Lipinski definition) is 3. The molecule has 0 saturated carbocycles. The standard InChI is InChI=1S/C13H22N2O/c1-9(2)11(14)8-15-12-7-10(3)5-6-13(12)16-4/h5-7,9,11,15H,8,14H2,1-4H3. The fourth-order valence-electron chi connectivity index (χ4n) is 1.42. The van der Waals surface area contributed by atoms with Crippen molar-refractivity contribution < 1.29 is 4.74 Å². The van der Waals surface area contributed by atoms with E-state index in [4.69, 9.17) is 10.5 Å². The molecular weight excluding hydrogens is 200 g/mol. The number of nitrogens with two attached hydrogens (primary N) is 1. The first kappa shape index (κ1) is 12.8. The zero-order valence-corrected chi connectivity index (χ0v) is 10.6. The fourth-order valence-corrected chi connectivity index (χ4v) is 1.42. The molecule has 0 saturated heterocycles. The van der Waals surface area contributed by atoms with Crippen LogP contribution < -0.4 is 15.8 Å². The van der Waals surface area contributed by atoms with Crippen LogP contribution in [0.2, 0.25) is 0 Å². The molecule has 0 bridgehead atoms. The number of methoxy groups -OCH3 is 1. The molecule has 1 aromatic rings. The number of benzene rings is 1. The second-order valence-corrected chi connectivity index (χ2v) is 4.49. The van der Waals surface area contributed by atoms with E-state index < -0.39 is 0 Å². The van der Waals surface area contributed by atoms with Crippen LogP contribution in [0, 0.1) is 12.8 Å². The summed E-state index contributed by atoms with van der Waals surface area (Å²) in [4.78, 5) is 0. The van der Waals surface area contributed by atoms with Crippen molar-refractivity contribution in [2.24, 2.45) is 11.7 Å². The molecule has 1 rings (SSSR count). The van der Waals surface area contributed by atoms with E-state index in [-0.39, 0.29) is 6.04 Å². The van der Waals surface area contributed by atoms with E-state index in [9.17, 15) is 0 Å². The Balaban J connectivity index is 2.68. The van der Waals surface area contributed by atoms with Gasteiger partial charge in [-0.2, -0.15) is 0 Å². The van der Waals surface area contributed by atoms with E-state index in [0.29, 0.717) is 5.92 Å². The molecule has 0 aliphatic carbocycles. The summed E-state index contributed by atoms with van der Waals surface area (Å²) >= 11 is 0. The fraction of sp³-hybridized carbons (Fsp3) is 0.538. The highest BCUT2D eigenvalue weighted by molar-refractivity contribution is 5.58. The first-order valence-corrected chi connectivity index (χ1v) is 5.68. The summed E-state index contributed by atoms with van der Waals surface area (Å²) in [6.45, 7) is 7.07. The van der Waals surface area contributed by atoms with E-state index in [1.807, 2.05) is 12.1 Å². The minimum Gasteiger partial charge on any atom is -0.495 e. The van der Waals surface area contributed by atoms with Gasteiger partial charge in [0.05, 0.1) is 12.8 Å². The Labute approximate surface area is 98.0 Å². The van der Waals surface area contributed by atoms with E-state index >= 15 is 0 Å². The average molecular weight is 222 g/mol. The lowest BCUT2D eigenvalue weighted by atomic mass is 10.1. The van der Waals surface area contributed by atoms with E-state index in [1.54, 1.807) is 7.11 Å². The molecule has 0 heterocycles. The molecule has 3 nitrogen and oxygen atoms in total. The van der Waals surface area contributed by atoms with Crippen molar-refractivity contribution in [2.45, 2.75) is 26.8 Å². The molecule has 0 aliphatic rings. The Morgan fingerprint density at radius 2 is 2.06 bits per heavy atom. The third-order valence-electron chi connectivity index (χ3n) is 2.74. The second-order valence-electron chi connectivity index (χ2n) is 4.49. The van der Waals surface area contributed by atoms with Crippen LogP contribution in [0.25, 0.3) is 0 Å². The Hall–Kier alpha value is -1.22. The van der Waals surface area contributed by atoms with Gasteiger partial charge in [-0.05, 0) is 30.5 Å². The molecule has 16 heavy (non-hydrogen) atoms. The Bertz CT molecular complexity index is 337. The lowest BCUT2D eigenvalue weighted by molar-refractivity contribution is 0.415. The summed E-state index contributed by atoms with van der Waals surface area (Å²) in [6.07, 6.45) is 0. The average Bonchev–Trinajstić information content (AvgIpc) is 2.25. The van der Waals surface area contributed by atoms with Crippen molar-refractivity contribution in [3.8, 4) is 5.75 Å². The van der Waals surface area contributed by atoms with Crippen LogP contribution in [0.4, 0.5) is 5.69 Å². The topological polar surface area (TPSA) is 47.3 Å². The SMILES string of the molecule is COc1ccc(C)cc1NCC(N)C(C)C. The molecule has 1 aromatic carbocycles. The lowest BCUT2D eigenvalue weighted by Crippen LogP contribution is -2.34. The number of nitrogens with one attached hydrogen (secondary N) is 1. The maximum Gasteiger partial charge on any atom is 0.141 e. The summed E-state index contributed by atoms with van der Waals surface area (Å²) in [5.41, 5.74) is 8.21. The highest BCUT2D eigenvalue weighted by Crippen LogP contribution is 2.25. The molecule has 0 aromatic heterocycles. The number of hydrogen-bond donors (Lipinski definition) is 2. The summed E-state index contributed by atoms with van der Waals surface area (Å²) in [6, 6.07) is 6.24. The molecule has 0 radical (unpaired) electrons. The molecule has 0 fully saturated rings. The molecule has 0 spiro atoms. The highest BCUT2D eigenvalue weighted by atomic mass is 16.5. The van der Waals surface area contributed by atoms with Crippen LogP contribution in [-0.2, 0) is 0 Å². The lowest BCUT2D eigenvalue weighted by Gasteiger charge is -2.18. The third kappa shape index (κ3) is 3.42. The van der Waals surface area contributed by atoms with Crippen LogP contribution in [0.1, 0.15) is 19.4 Å². The molecule has 0 aliphatic heterocycles. The van der Waals surface area contributed by atoms with Crippen LogP contribution >= 0.6 is 0 Å². The molecule has 3 heteroatoms. The molecule has 1 unspecified atom stereocenters. The Kier molecular flexibility index (Phi) is 4.62. The minimum atomic E-state index is 0.158. The largest absolute Gasteiger partial charge is 0.495 e. The molecular formula is C13H22N2O. The summed E-state index contributed by atoms with van der Waals surface area (Å²) < 4.78 is 5.29. The van der Waals surface area contributed by atoms with E-state index in [0.717, 1.165) is 18.0 Å². The quantitative estimate of drug-likeness (QED) is 0.804. The van der Waals surface area contributed by atoms with Crippen molar-refractivity contribution in [1.82, 2.24) is 0 Å². The van der Waals surface area contributed by atoms with Gasteiger partial charge in [-0.15, -0.1) is 0 Å². The van der Waals surface area contributed by atoms with Crippen LogP contribution in [0.15, 0.2) is 18.2 Å². The van der Waals surface area contributed by atoms with Crippen LogP contribution in [0.5, 0.6) is 5.75 Å². The van der Waals surface area contributed by atoms with Gasteiger partial charge in [0.25, 0.3) is 0 Å². The smallest absolute Gasteiger partial charge is 0.141 e. The summed E-state index contributed by atoms with van der Waals surface area (Å²) in [5, 5.41) is 3.34. The maximum absolute atomic E-state index is 5.99. The van der Waals surface area contributed by atoms with E-state index in [1.165, 1.54) is 5.56 Å². The third-order valence-corrected chi connectivity index (χ3v) is 2.74. The number of rotatable bonds is 5. The van der Waals surface area contributed by atoms with Crippen molar-refractivity contribution in [3.05, 3.63) is 23.8 Å². The van der Waals surface area contributed by atoms with Gasteiger partial charge in [0.1, 0.15) is 5.75 Å². The summed E-state index contributed by atoms with van der Waals surface area (Å²) in [5.74, 6) is 1.34. The van der Waals surface area contributed by atoms with Gasteiger partial charge < -0.3 is 15.8 Å². The van der Waals surface area contributed by atoms with Crippen molar-refractivity contribution >= 4 is 5.69 Å². The van der Waals surface area contributed by atoms with Gasteiger partial charge in [0.2, 0.25) is 0 Å². The first-order valence-electron chi connectivity index (χ1n) is 5.68. The molecule has 90 valence electrons. The maximum atomic E-state index is 5.99. The van der Waals surface area contributed by atoms with Crippen molar-refractivity contribution in [3.63, 3.8) is 0 Å². The minimum absolute atomic E-state index is 0.158. The number of aryl methyl sites for hydroxylation is 1. The Morgan fingerprint density at radius 1 is 1.38 bits per heavy atom. The van der Waals surface area contributed by atoms with Gasteiger partial charge in [0.15, 0.2) is 0 Å². The molecule has 3 N–H and O–H groups in total. The number of ether oxygens (including phenoxy) is 1. The number of anilines is 1. The van der Waals surface area contributed by atoms with Crippen LogP contribution in [0.3, 0.4) is 0 Å². The first-order chi connectivity index (χ1) is 7.54. The predicted molar refractivity (Wildman–Crippen MR) is 69.0 cm³/mol.